The van der Waals surface area contributed by atoms with Gasteiger partial charge in [-0.25, -0.2) is 4.68 Å². The Morgan fingerprint density at radius 1 is 1.40 bits per heavy atom. The van der Waals surface area contributed by atoms with E-state index in [2.05, 4.69) is 10.4 Å². The first-order chi connectivity index (χ1) is 12.0. The number of nitrogens with one attached hydrogen (secondary N) is 1. The van der Waals surface area contributed by atoms with E-state index in [-0.39, 0.29) is 5.91 Å². The fourth-order valence-electron chi connectivity index (χ4n) is 2.66. The first kappa shape index (κ1) is 18.1. The third kappa shape index (κ3) is 4.48. The Morgan fingerprint density at radius 2 is 2.08 bits per heavy atom. The molecule has 0 spiro atoms. The van der Waals surface area contributed by atoms with Gasteiger partial charge in [-0.15, -0.1) is 0 Å². The van der Waals surface area contributed by atoms with Crippen molar-refractivity contribution in [2.45, 2.75) is 39.0 Å². The van der Waals surface area contributed by atoms with Gasteiger partial charge in [-0.05, 0) is 63.3 Å². The van der Waals surface area contributed by atoms with Gasteiger partial charge in [0.2, 0.25) is 5.91 Å². The van der Waals surface area contributed by atoms with E-state index in [4.69, 9.17) is 23.8 Å². The van der Waals surface area contributed by atoms with Crippen LogP contribution >= 0.6 is 23.8 Å². The summed E-state index contributed by atoms with van der Waals surface area (Å²) in [4.78, 5) is 13.8. The van der Waals surface area contributed by atoms with Crippen molar-refractivity contribution in [3.05, 3.63) is 34.1 Å². The molecule has 1 aliphatic carbocycles. The Balaban J connectivity index is 1.76. The Hall–Kier alpha value is -1.70. The minimum absolute atomic E-state index is 0.0457. The van der Waals surface area contributed by atoms with Gasteiger partial charge in [-0.1, -0.05) is 11.6 Å². The molecule has 2 aromatic rings. The van der Waals surface area contributed by atoms with Crippen LogP contribution in [0.2, 0.25) is 5.02 Å². The molecule has 8 heteroatoms. The summed E-state index contributed by atoms with van der Waals surface area (Å²) >= 11 is 11.5. The van der Waals surface area contributed by atoms with Crippen molar-refractivity contribution >= 4 is 29.7 Å². The number of carbonyl (C=O) groups excluding carboxylic acids is 1. The van der Waals surface area contributed by atoms with Gasteiger partial charge in [0, 0.05) is 23.2 Å². The summed E-state index contributed by atoms with van der Waals surface area (Å²) in [6.07, 6.45) is 2.18. The molecule has 0 atom stereocenters. The first-order valence-electron chi connectivity index (χ1n) is 8.39. The molecule has 1 aliphatic rings. The lowest BCUT2D eigenvalue weighted by molar-refractivity contribution is -0.122. The Labute approximate surface area is 157 Å². The third-order valence-electron chi connectivity index (χ3n) is 4.07. The zero-order chi connectivity index (χ0) is 18.0. The molecule has 0 bridgehead atoms. The van der Waals surface area contributed by atoms with Crippen LogP contribution in [-0.4, -0.2) is 44.8 Å². The monoisotopic (exact) mass is 379 g/mol. The zero-order valence-corrected chi connectivity index (χ0v) is 16.0. The molecule has 1 saturated carbocycles. The zero-order valence-electron chi connectivity index (χ0n) is 14.4. The first-order valence-corrected chi connectivity index (χ1v) is 9.18. The molecule has 25 heavy (non-hydrogen) atoms. The summed E-state index contributed by atoms with van der Waals surface area (Å²) in [5.74, 6) is 0.851. The van der Waals surface area contributed by atoms with Crippen molar-refractivity contribution in [1.82, 2.24) is 24.6 Å². The van der Waals surface area contributed by atoms with Gasteiger partial charge in [-0.2, -0.15) is 5.10 Å². The van der Waals surface area contributed by atoms with Gasteiger partial charge < -0.3 is 9.88 Å². The van der Waals surface area contributed by atoms with Crippen molar-refractivity contribution < 1.29 is 4.79 Å². The minimum Gasteiger partial charge on any atom is -0.352 e. The molecule has 0 radical (unpaired) electrons. The molecule has 1 fully saturated rings. The average molecular weight is 380 g/mol. The highest BCUT2D eigenvalue weighted by atomic mass is 35.5. The minimum atomic E-state index is 0.0457. The Bertz CT molecular complexity index is 809. The van der Waals surface area contributed by atoms with Crippen molar-refractivity contribution in [1.29, 1.82) is 0 Å². The van der Waals surface area contributed by atoms with Crippen molar-refractivity contribution in [3.8, 4) is 11.4 Å². The molecule has 1 aromatic heterocycles. The van der Waals surface area contributed by atoms with Crippen LogP contribution in [0.15, 0.2) is 24.3 Å². The number of benzene rings is 1. The number of carbonyl (C=O) groups is 1. The molecular formula is C17H22ClN5OS. The lowest BCUT2D eigenvalue weighted by Crippen LogP contribution is -2.37. The van der Waals surface area contributed by atoms with Crippen molar-refractivity contribution in [2.24, 2.45) is 0 Å². The van der Waals surface area contributed by atoms with Crippen LogP contribution in [0.3, 0.4) is 0 Å². The molecule has 1 heterocycles. The summed E-state index contributed by atoms with van der Waals surface area (Å²) in [5.41, 5.74) is 0.963. The van der Waals surface area contributed by atoms with Gasteiger partial charge in [0.1, 0.15) is 0 Å². The predicted octanol–water partition coefficient (Wildman–Crippen LogP) is 2.92. The van der Waals surface area contributed by atoms with Gasteiger partial charge in [-0.3, -0.25) is 9.69 Å². The van der Waals surface area contributed by atoms with E-state index in [1.807, 2.05) is 47.7 Å². The second-order valence-corrected chi connectivity index (χ2v) is 7.16. The quantitative estimate of drug-likeness (QED) is 0.751. The molecule has 1 N–H and O–H groups in total. The number of hydrogen-bond donors (Lipinski definition) is 1. The second-order valence-electron chi connectivity index (χ2n) is 6.35. The largest absolute Gasteiger partial charge is 0.352 e. The summed E-state index contributed by atoms with van der Waals surface area (Å²) in [6.45, 7) is 3.55. The molecule has 0 saturated heterocycles. The fourth-order valence-corrected chi connectivity index (χ4v) is 3.10. The highest BCUT2D eigenvalue weighted by Crippen LogP contribution is 2.21. The van der Waals surface area contributed by atoms with Crippen LogP contribution in [-0.2, 0) is 18.0 Å². The molecular weight excluding hydrogens is 358 g/mol. The maximum atomic E-state index is 11.9. The van der Waals surface area contributed by atoms with Crippen LogP contribution in [0.4, 0.5) is 0 Å². The fraction of sp³-hybridized carbons (Fsp3) is 0.471. The van der Waals surface area contributed by atoms with Gasteiger partial charge in [0.15, 0.2) is 10.6 Å². The predicted molar refractivity (Wildman–Crippen MR) is 101 cm³/mol. The summed E-state index contributed by atoms with van der Waals surface area (Å²) in [7, 11) is 1.89. The molecule has 1 amide bonds. The highest BCUT2D eigenvalue weighted by Gasteiger charge is 2.23. The number of rotatable bonds is 7. The Kier molecular flexibility index (Phi) is 5.56. The number of hydrogen-bond acceptors (Lipinski definition) is 4. The highest BCUT2D eigenvalue weighted by molar-refractivity contribution is 7.71. The topological polar surface area (TPSA) is 55.1 Å². The number of halogens is 1. The molecule has 134 valence electrons. The molecule has 0 aliphatic heterocycles. The van der Waals surface area contributed by atoms with Crippen LogP contribution in [0, 0.1) is 4.77 Å². The Morgan fingerprint density at radius 3 is 2.68 bits per heavy atom. The smallest absolute Gasteiger partial charge is 0.234 e. The maximum absolute atomic E-state index is 11.9. The van der Waals surface area contributed by atoms with Gasteiger partial charge in [0.25, 0.3) is 0 Å². The van der Waals surface area contributed by atoms with Gasteiger partial charge >= 0.3 is 0 Å². The van der Waals surface area contributed by atoms with E-state index in [0.717, 1.165) is 30.8 Å². The van der Waals surface area contributed by atoms with Crippen LogP contribution in [0.1, 0.15) is 19.8 Å². The summed E-state index contributed by atoms with van der Waals surface area (Å²) < 4.78 is 4.38. The van der Waals surface area contributed by atoms with Gasteiger partial charge in [0.05, 0.1) is 13.2 Å². The van der Waals surface area contributed by atoms with E-state index >= 15 is 0 Å². The molecule has 6 nitrogen and oxygen atoms in total. The number of likely N-dealkylation sites (N-methyl/N-ethyl adjacent to an activating group) is 1. The van der Waals surface area contributed by atoms with E-state index in [1.165, 1.54) is 0 Å². The summed E-state index contributed by atoms with van der Waals surface area (Å²) in [6, 6.07) is 7.92. The van der Waals surface area contributed by atoms with Crippen LogP contribution < -0.4 is 5.32 Å². The van der Waals surface area contributed by atoms with Crippen molar-refractivity contribution in [3.63, 3.8) is 0 Å². The lowest BCUT2D eigenvalue weighted by Gasteiger charge is -2.15. The third-order valence-corrected chi connectivity index (χ3v) is 4.76. The lowest BCUT2D eigenvalue weighted by atomic mass is 10.2. The second kappa shape index (κ2) is 7.68. The molecule has 0 unspecified atom stereocenters. The standard InChI is InChI=1S/C17H22ClN5OS/c1-3-22-16(12-4-6-13(18)7-5-12)20-23(17(22)25)11-21(2)10-15(24)19-14-8-9-14/h4-7,14H,3,8-11H2,1-2H3,(H,19,24). The van der Waals surface area contributed by atoms with Crippen LogP contribution in [0.25, 0.3) is 11.4 Å². The number of amides is 1. The number of nitrogens with zero attached hydrogens (tertiary/aromatic N) is 4. The van der Waals surface area contributed by atoms with E-state index in [0.29, 0.717) is 29.0 Å². The van der Waals surface area contributed by atoms with Crippen molar-refractivity contribution in [2.75, 3.05) is 13.6 Å². The average Bonchev–Trinajstić information content (AvgIpc) is 3.32. The summed E-state index contributed by atoms with van der Waals surface area (Å²) in [5, 5.41) is 8.34. The maximum Gasteiger partial charge on any atom is 0.234 e. The van der Waals surface area contributed by atoms with E-state index < -0.39 is 0 Å². The van der Waals surface area contributed by atoms with Crippen LogP contribution in [0.5, 0.6) is 0 Å². The molecule has 1 aromatic carbocycles. The normalized spacial score (nSPS) is 14.1. The molecule has 3 rings (SSSR count). The number of aromatic nitrogens is 3. The van der Waals surface area contributed by atoms with E-state index in [1.54, 1.807) is 4.68 Å². The van der Waals surface area contributed by atoms with E-state index in [9.17, 15) is 4.79 Å². The SMILES string of the molecule is CCn1c(-c2ccc(Cl)cc2)nn(CN(C)CC(=O)NC2CC2)c1=S.